The normalized spacial score (nSPS) is 11.9. The molecule has 2 N–H and O–H groups in total. The molecule has 0 saturated carbocycles. The second kappa shape index (κ2) is 9.41. The zero-order valence-corrected chi connectivity index (χ0v) is 15.7. The second-order valence-corrected chi connectivity index (χ2v) is 6.63. The Labute approximate surface area is 156 Å². The third-order valence-electron chi connectivity index (χ3n) is 4.12. The highest BCUT2D eigenvalue weighted by Gasteiger charge is 2.17. The van der Waals surface area contributed by atoms with E-state index in [9.17, 15) is 18.0 Å². The summed E-state index contributed by atoms with van der Waals surface area (Å²) in [5, 5.41) is 2.27. The van der Waals surface area contributed by atoms with Gasteiger partial charge in [0.1, 0.15) is 5.75 Å². The van der Waals surface area contributed by atoms with Crippen molar-refractivity contribution in [3.8, 4) is 5.75 Å². The van der Waals surface area contributed by atoms with E-state index in [2.05, 4.69) is 5.32 Å². The van der Waals surface area contributed by atoms with Crippen LogP contribution in [0.15, 0.2) is 30.3 Å². The monoisotopic (exact) mass is 381 g/mol. The molecule has 0 saturated heterocycles. The van der Waals surface area contributed by atoms with Crippen molar-refractivity contribution in [1.29, 1.82) is 0 Å². The number of hydrogen-bond donors (Lipinski definition) is 2. The van der Waals surface area contributed by atoms with Crippen LogP contribution in [0.1, 0.15) is 17.5 Å². The molecule has 27 heavy (non-hydrogen) atoms. The van der Waals surface area contributed by atoms with Crippen LogP contribution in [0.4, 0.5) is 18.9 Å². The van der Waals surface area contributed by atoms with Crippen LogP contribution in [-0.4, -0.2) is 32.7 Å². The van der Waals surface area contributed by atoms with Gasteiger partial charge in [0.15, 0.2) is 24.0 Å². The summed E-state index contributed by atoms with van der Waals surface area (Å²) in [6, 6.07) is 7.78. The topological polar surface area (TPSA) is 42.8 Å². The van der Waals surface area contributed by atoms with Gasteiger partial charge in [0.25, 0.3) is 5.91 Å². The summed E-state index contributed by atoms with van der Waals surface area (Å²) < 4.78 is 45.4. The van der Waals surface area contributed by atoms with Crippen LogP contribution in [-0.2, 0) is 4.79 Å². The SMILES string of the molecule is Cc1ccc(C)c(OCCC[NH+](C)CC(=O)Nc2ccc(F)c(F)c2F)c1. The molecule has 1 atom stereocenters. The average Bonchev–Trinajstić information content (AvgIpc) is 2.62. The van der Waals surface area contributed by atoms with E-state index >= 15 is 0 Å². The first-order chi connectivity index (χ1) is 12.8. The largest absolute Gasteiger partial charge is 0.493 e. The number of carbonyl (C=O) groups excluding carboxylic acids is 1. The van der Waals surface area contributed by atoms with Crippen molar-refractivity contribution < 1.29 is 27.6 Å². The first-order valence-electron chi connectivity index (χ1n) is 8.72. The summed E-state index contributed by atoms with van der Waals surface area (Å²) in [5.41, 5.74) is 1.82. The summed E-state index contributed by atoms with van der Waals surface area (Å²) >= 11 is 0. The number of amides is 1. The van der Waals surface area contributed by atoms with E-state index in [0.29, 0.717) is 13.2 Å². The fraction of sp³-hybridized carbons (Fsp3) is 0.350. The fourth-order valence-corrected chi connectivity index (χ4v) is 2.60. The van der Waals surface area contributed by atoms with E-state index < -0.39 is 23.4 Å². The lowest BCUT2D eigenvalue weighted by Crippen LogP contribution is -3.10. The van der Waals surface area contributed by atoms with E-state index in [-0.39, 0.29) is 12.2 Å². The van der Waals surface area contributed by atoms with Crippen molar-refractivity contribution in [2.75, 3.05) is 32.1 Å². The Bertz CT molecular complexity index is 812. The minimum atomic E-state index is -1.60. The molecule has 0 aliphatic rings. The number of rotatable bonds is 8. The van der Waals surface area contributed by atoms with E-state index in [1.807, 2.05) is 39.1 Å². The number of ether oxygens (including phenoxy) is 1. The Morgan fingerprint density at radius 1 is 1.11 bits per heavy atom. The van der Waals surface area contributed by atoms with Gasteiger partial charge in [-0.2, -0.15) is 0 Å². The number of likely N-dealkylation sites (N-methyl/N-ethyl adjacent to an activating group) is 1. The van der Waals surface area contributed by atoms with Gasteiger partial charge in [0.2, 0.25) is 0 Å². The van der Waals surface area contributed by atoms with Crippen LogP contribution < -0.4 is 15.0 Å². The predicted octanol–water partition coefficient (Wildman–Crippen LogP) is 2.64. The molecule has 2 aromatic carbocycles. The van der Waals surface area contributed by atoms with E-state index in [1.54, 1.807) is 0 Å². The summed E-state index contributed by atoms with van der Waals surface area (Å²) in [6.45, 7) is 5.23. The van der Waals surface area contributed by atoms with Gasteiger partial charge < -0.3 is 15.0 Å². The maximum absolute atomic E-state index is 13.6. The van der Waals surface area contributed by atoms with Crippen molar-refractivity contribution in [3.63, 3.8) is 0 Å². The molecule has 2 aromatic rings. The quantitative estimate of drug-likeness (QED) is 0.545. The number of anilines is 1. The lowest BCUT2D eigenvalue weighted by atomic mass is 10.1. The standard InChI is InChI=1S/C20H23F3N2O2/c1-13-5-6-14(2)17(11-13)27-10-4-9-25(3)12-18(26)24-16-8-7-15(21)19(22)20(16)23/h5-8,11H,4,9-10,12H2,1-3H3,(H,24,26)/p+1. The molecule has 0 heterocycles. The fourth-order valence-electron chi connectivity index (χ4n) is 2.60. The minimum Gasteiger partial charge on any atom is -0.493 e. The number of carbonyl (C=O) groups is 1. The van der Waals surface area contributed by atoms with Crippen LogP contribution in [0.25, 0.3) is 0 Å². The molecular formula is C20H24F3N2O2+. The van der Waals surface area contributed by atoms with Crippen LogP contribution in [0.3, 0.4) is 0 Å². The number of halogens is 3. The Morgan fingerprint density at radius 2 is 1.85 bits per heavy atom. The molecule has 1 unspecified atom stereocenters. The average molecular weight is 381 g/mol. The molecule has 0 bridgehead atoms. The van der Waals surface area contributed by atoms with Crippen LogP contribution >= 0.6 is 0 Å². The van der Waals surface area contributed by atoms with Gasteiger partial charge in [-0.15, -0.1) is 0 Å². The lowest BCUT2D eigenvalue weighted by molar-refractivity contribution is -0.871. The van der Waals surface area contributed by atoms with Crippen molar-refractivity contribution in [2.24, 2.45) is 0 Å². The first-order valence-corrected chi connectivity index (χ1v) is 8.72. The van der Waals surface area contributed by atoms with E-state index in [0.717, 1.165) is 40.3 Å². The van der Waals surface area contributed by atoms with Crippen molar-refractivity contribution in [2.45, 2.75) is 20.3 Å². The summed E-state index contributed by atoms with van der Waals surface area (Å²) in [6.07, 6.45) is 0.728. The number of hydrogen-bond acceptors (Lipinski definition) is 2. The number of aryl methyl sites for hydroxylation is 2. The third-order valence-corrected chi connectivity index (χ3v) is 4.12. The first kappa shape index (κ1) is 20.8. The number of benzene rings is 2. The highest BCUT2D eigenvalue weighted by Crippen LogP contribution is 2.20. The summed E-state index contributed by atoms with van der Waals surface area (Å²) in [5.74, 6) is -3.93. The van der Waals surface area contributed by atoms with Gasteiger partial charge in [0, 0.05) is 6.42 Å². The molecule has 1 amide bonds. The zero-order valence-electron chi connectivity index (χ0n) is 15.7. The van der Waals surface area contributed by atoms with Gasteiger partial charge >= 0.3 is 0 Å². The smallest absolute Gasteiger partial charge is 0.279 e. The van der Waals surface area contributed by atoms with Gasteiger partial charge in [-0.3, -0.25) is 4.79 Å². The Balaban J connectivity index is 1.75. The Hall–Kier alpha value is -2.54. The van der Waals surface area contributed by atoms with Gasteiger partial charge in [-0.25, -0.2) is 13.2 Å². The molecular weight excluding hydrogens is 357 g/mol. The van der Waals surface area contributed by atoms with Crippen LogP contribution in [0.2, 0.25) is 0 Å². The molecule has 146 valence electrons. The van der Waals surface area contributed by atoms with Gasteiger partial charge in [0.05, 0.1) is 25.9 Å². The van der Waals surface area contributed by atoms with Crippen molar-refractivity contribution >= 4 is 11.6 Å². The van der Waals surface area contributed by atoms with E-state index in [1.165, 1.54) is 0 Å². The maximum atomic E-state index is 13.6. The maximum Gasteiger partial charge on any atom is 0.279 e. The molecule has 7 heteroatoms. The van der Waals surface area contributed by atoms with Crippen molar-refractivity contribution in [3.05, 3.63) is 58.9 Å². The molecule has 0 spiro atoms. The Morgan fingerprint density at radius 3 is 2.59 bits per heavy atom. The molecule has 0 radical (unpaired) electrons. The summed E-state index contributed by atoms with van der Waals surface area (Å²) in [4.78, 5) is 12.9. The number of nitrogens with one attached hydrogen (secondary N) is 2. The van der Waals surface area contributed by atoms with Gasteiger partial charge in [-0.05, 0) is 43.2 Å². The molecule has 0 fully saturated rings. The highest BCUT2D eigenvalue weighted by atomic mass is 19.2. The molecule has 0 aromatic heterocycles. The van der Waals surface area contributed by atoms with Gasteiger partial charge in [-0.1, -0.05) is 12.1 Å². The Kier molecular flexibility index (Phi) is 7.24. The molecule has 0 aliphatic heterocycles. The van der Waals surface area contributed by atoms with E-state index in [4.69, 9.17) is 4.74 Å². The lowest BCUT2D eigenvalue weighted by Gasteiger charge is -2.15. The molecule has 0 aliphatic carbocycles. The number of quaternary nitrogens is 1. The molecule has 2 rings (SSSR count). The van der Waals surface area contributed by atoms with Crippen molar-refractivity contribution in [1.82, 2.24) is 0 Å². The summed E-state index contributed by atoms with van der Waals surface area (Å²) in [7, 11) is 1.82. The van der Waals surface area contributed by atoms with Crippen LogP contribution in [0, 0.1) is 31.3 Å². The zero-order chi connectivity index (χ0) is 20.0. The molecule has 4 nitrogen and oxygen atoms in total. The van der Waals surface area contributed by atoms with Crippen LogP contribution in [0.5, 0.6) is 5.75 Å². The third kappa shape index (κ3) is 5.99. The minimum absolute atomic E-state index is 0.0713. The second-order valence-electron chi connectivity index (χ2n) is 6.63. The highest BCUT2D eigenvalue weighted by molar-refractivity contribution is 5.91. The predicted molar refractivity (Wildman–Crippen MR) is 97.6 cm³/mol.